The van der Waals surface area contributed by atoms with Gasteiger partial charge in [-0.15, -0.1) is 0 Å². The van der Waals surface area contributed by atoms with Crippen LogP contribution in [0.5, 0.6) is 5.75 Å². The summed E-state index contributed by atoms with van der Waals surface area (Å²) in [7, 11) is 0. The average Bonchev–Trinajstić information content (AvgIpc) is 2.60. The molecule has 23 heavy (non-hydrogen) atoms. The van der Waals surface area contributed by atoms with E-state index in [1.165, 1.54) is 11.1 Å². The van der Waals surface area contributed by atoms with Gasteiger partial charge in [-0.2, -0.15) is 0 Å². The molecule has 2 aromatic rings. The molecule has 0 aliphatic carbocycles. The standard InChI is InChI=1S/C20H26O3/c1-3-21-20(22-4-2)14-13-17-11-8-12-19(15-17)23-16-18-9-6-5-7-10-18/h5-12,15,20H,3-4,13-14,16H2,1-2H3. The molecule has 0 N–H and O–H groups in total. The minimum absolute atomic E-state index is 0.126. The van der Waals surface area contributed by atoms with Crippen LogP contribution in [0.1, 0.15) is 31.4 Å². The van der Waals surface area contributed by atoms with Crippen LogP contribution in [-0.4, -0.2) is 19.5 Å². The molecule has 2 rings (SSSR count). The van der Waals surface area contributed by atoms with E-state index in [0.29, 0.717) is 19.8 Å². The van der Waals surface area contributed by atoms with Gasteiger partial charge in [-0.1, -0.05) is 42.5 Å². The SMILES string of the molecule is CCOC(CCc1cccc(OCc2ccccc2)c1)OCC. The first-order valence-electron chi connectivity index (χ1n) is 8.30. The molecule has 0 saturated carbocycles. The lowest BCUT2D eigenvalue weighted by Gasteiger charge is -2.17. The van der Waals surface area contributed by atoms with Gasteiger partial charge < -0.3 is 14.2 Å². The molecule has 3 heteroatoms. The normalized spacial score (nSPS) is 10.9. The van der Waals surface area contributed by atoms with Gasteiger partial charge in [-0.05, 0) is 43.5 Å². The lowest BCUT2D eigenvalue weighted by atomic mass is 10.1. The first-order valence-corrected chi connectivity index (χ1v) is 8.30. The van der Waals surface area contributed by atoms with Gasteiger partial charge in [0, 0.05) is 19.6 Å². The summed E-state index contributed by atoms with van der Waals surface area (Å²) in [5.74, 6) is 0.899. The zero-order valence-electron chi connectivity index (χ0n) is 14.0. The van der Waals surface area contributed by atoms with Crippen LogP contribution in [0.4, 0.5) is 0 Å². The predicted octanol–water partition coefficient (Wildman–Crippen LogP) is 4.60. The second-order valence-corrected chi connectivity index (χ2v) is 5.30. The molecule has 0 saturated heterocycles. The van der Waals surface area contributed by atoms with Crippen molar-refractivity contribution in [2.75, 3.05) is 13.2 Å². The quantitative estimate of drug-likeness (QED) is 0.600. The summed E-state index contributed by atoms with van der Waals surface area (Å²) in [5, 5.41) is 0. The van der Waals surface area contributed by atoms with Crippen molar-refractivity contribution in [1.29, 1.82) is 0 Å². The Labute approximate surface area is 139 Å². The van der Waals surface area contributed by atoms with Crippen LogP contribution < -0.4 is 4.74 Å². The second kappa shape index (κ2) is 10.0. The van der Waals surface area contributed by atoms with Crippen molar-refractivity contribution in [2.24, 2.45) is 0 Å². The van der Waals surface area contributed by atoms with Gasteiger partial charge in [-0.25, -0.2) is 0 Å². The van der Waals surface area contributed by atoms with Crippen molar-refractivity contribution in [3.8, 4) is 5.75 Å². The van der Waals surface area contributed by atoms with Crippen LogP contribution in [0.3, 0.4) is 0 Å². The highest BCUT2D eigenvalue weighted by molar-refractivity contribution is 5.29. The van der Waals surface area contributed by atoms with Gasteiger partial charge in [0.2, 0.25) is 0 Å². The van der Waals surface area contributed by atoms with Gasteiger partial charge in [0.15, 0.2) is 6.29 Å². The van der Waals surface area contributed by atoms with Gasteiger partial charge in [0.25, 0.3) is 0 Å². The lowest BCUT2D eigenvalue weighted by Crippen LogP contribution is -2.18. The predicted molar refractivity (Wildman–Crippen MR) is 92.6 cm³/mol. The molecule has 0 fully saturated rings. The average molecular weight is 314 g/mol. The molecule has 0 spiro atoms. The third-order valence-electron chi connectivity index (χ3n) is 3.52. The van der Waals surface area contributed by atoms with Crippen molar-refractivity contribution in [2.45, 2.75) is 39.6 Å². The van der Waals surface area contributed by atoms with E-state index in [1.807, 2.05) is 44.2 Å². The maximum absolute atomic E-state index is 5.87. The number of hydrogen-bond donors (Lipinski definition) is 0. The Balaban J connectivity index is 1.86. The van der Waals surface area contributed by atoms with Crippen LogP contribution in [0.25, 0.3) is 0 Å². The van der Waals surface area contributed by atoms with Crippen molar-refractivity contribution in [1.82, 2.24) is 0 Å². The van der Waals surface area contributed by atoms with Gasteiger partial charge in [0.05, 0.1) is 0 Å². The van der Waals surface area contributed by atoms with E-state index in [4.69, 9.17) is 14.2 Å². The van der Waals surface area contributed by atoms with Crippen LogP contribution in [0.2, 0.25) is 0 Å². The molecule has 3 nitrogen and oxygen atoms in total. The first kappa shape index (κ1) is 17.5. The van der Waals surface area contributed by atoms with Crippen LogP contribution in [0, 0.1) is 0 Å². The molecule has 124 valence electrons. The molecular weight excluding hydrogens is 288 g/mol. The summed E-state index contributed by atoms with van der Waals surface area (Å²) in [6, 6.07) is 18.4. The molecule has 0 amide bonds. The Kier molecular flexibility index (Phi) is 7.64. The van der Waals surface area contributed by atoms with Crippen molar-refractivity contribution >= 4 is 0 Å². The summed E-state index contributed by atoms with van der Waals surface area (Å²) in [6.45, 7) is 5.91. The van der Waals surface area contributed by atoms with E-state index in [-0.39, 0.29) is 6.29 Å². The van der Waals surface area contributed by atoms with Crippen molar-refractivity contribution in [3.63, 3.8) is 0 Å². The number of hydrogen-bond acceptors (Lipinski definition) is 3. The molecule has 0 aliphatic rings. The Bertz CT molecular complexity index is 548. The fraction of sp³-hybridized carbons (Fsp3) is 0.400. The monoisotopic (exact) mass is 314 g/mol. The van der Waals surface area contributed by atoms with Gasteiger partial charge >= 0.3 is 0 Å². The molecule has 2 aromatic carbocycles. The zero-order valence-corrected chi connectivity index (χ0v) is 14.0. The van der Waals surface area contributed by atoms with E-state index in [1.54, 1.807) is 0 Å². The molecule has 0 heterocycles. The van der Waals surface area contributed by atoms with E-state index >= 15 is 0 Å². The van der Waals surface area contributed by atoms with Crippen molar-refractivity contribution < 1.29 is 14.2 Å². The Hall–Kier alpha value is -1.84. The van der Waals surface area contributed by atoms with Crippen LogP contribution >= 0.6 is 0 Å². The summed E-state index contributed by atoms with van der Waals surface area (Å²) in [5.41, 5.74) is 2.41. The summed E-state index contributed by atoms with van der Waals surface area (Å²) in [6.07, 6.45) is 1.63. The first-order chi connectivity index (χ1) is 11.3. The Morgan fingerprint density at radius 3 is 2.22 bits per heavy atom. The summed E-state index contributed by atoms with van der Waals surface area (Å²) in [4.78, 5) is 0. The third-order valence-corrected chi connectivity index (χ3v) is 3.52. The van der Waals surface area contributed by atoms with Crippen LogP contribution in [-0.2, 0) is 22.5 Å². The fourth-order valence-corrected chi connectivity index (χ4v) is 2.40. The number of benzene rings is 2. The van der Waals surface area contributed by atoms with E-state index in [9.17, 15) is 0 Å². The largest absolute Gasteiger partial charge is 0.489 e. The highest BCUT2D eigenvalue weighted by Crippen LogP contribution is 2.17. The number of ether oxygens (including phenoxy) is 3. The zero-order chi connectivity index (χ0) is 16.3. The molecule has 0 aliphatic heterocycles. The van der Waals surface area contributed by atoms with E-state index in [2.05, 4.69) is 24.3 Å². The lowest BCUT2D eigenvalue weighted by molar-refractivity contribution is -0.139. The highest BCUT2D eigenvalue weighted by Gasteiger charge is 2.08. The number of aryl methyl sites for hydroxylation is 1. The topological polar surface area (TPSA) is 27.7 Å². The van der Waals surface area contributed by atoms with E-state index in [0.717, 1.165) is 18.6 Å². The molecule has 0 aromatic heterocycles. The fourth-order valence-electron chi connectivity index (χ4n) is 2.40. The van der Waals surface area contributed by atoms with Gasteiger partial charge in [-0.3, -0.25) is 0 Å². The maximum Gasteiger partial charge on any atom is 0.157 e. The maximum atomic E-state index is 5.87. The molecular formula is C20H26O3. The Morgan fingerprint density at radius 1 is 0.826 bits per heavy atom. The minimum atomic E-state index is -0.126. The highest BCUT2D eigenvalue weighted by atomic mass is 16.7. The number of rotatable bonds is 10. The molecule has 0 unspecified atom stereocenters. The molecule has 0 bridgehead atoms. The Morgan fingerprint density at radius 2 is 1.52 bits per heavy atom. The van der Waals surface area contributed by atoms with Crippen molar-refractivity contribution in [3.05, 3.63) is 65.7 Å². The molecule has 0 atom stereocenters. The molecule has 0 radical (unpaired) electrons. The summed E-state index contributed by atoms with van der Waals surface area (Å²) < 4.78 is 17.0. The van der Waals surface area contributed by atoms with Gasteiger partial charge in [0.1, 0.15) is 12.4 Å². The third kappa shape index (κ3) is 6.43. The smallest absolute Gasteiger partial charge is 0.157 e. The van der Waals surface area contributed by atoms with Crippen LogP contribution in [0.15, 0.2) is 54.6 Å². The summed E-state index contributed by atoms with van der Waals surface area (Å²) >= 11 is 0. The second-order valence-electron chi connectivity index (χ2n) is 5.30. The minimum Gasteiger partial charge on any atom is -0.489 e. The van der Waals surface area contributed by atoms with E-state index < -0.39 is 0 Å².